The molecule has 0 amide bonds. The molecule has 0 unspecified atom stereocenters. The van der Waals surface area contributed by atoms with E-state index in [2.05, 4.69) is 34.1 Å². The average molecular weight is 226 g/mol. The van der Waals surface area contributed by atoms with Crippen LogP contribution in [0.15, 0.2) is 28.7 Å². The maximum atomic E-state index is 5.74. The monoisotopic (exact) mass is 225 g/mol. The van der Waals surface area contributed by atoms with Gasteiger partial charge in [0.2, 0.25) is 0 Å². The molecule has 0 radical (unpaired) electrons. The van der Waals surface area contributed by atoms with Gasteiger partial charge in [-0.2, -0.15) is 0 Å². The molecule has 12 heavy (non-hydrogen) atoms. The molecule has 0 saturated heterocycles. The van der Waals surface area contributed by atoms with Crippen molar-refractivity contribution in [2.75, 3.05) is 0 Å². The Morgan fingerprint density at radius 3 is 2.50 bits per heavy atom. The van der Waals surface area contributed by atoms with E-state index < -0.39 is 0 Å². The Bertz CT molecular complexity index is 279. The molecule has 1 aromatic rings. The molecular weight excluding hydrogens is 214 g/mol. The molecule has 0 aliphatic heterocycles. The molecule has 0 bridgehead atoms. The highest BCUT2D eigenvalue weighted by Gasteiger charge is 2.28. The van der Waals surface area contributed by atoms with E-state index in [-0.39, 0.29) is 0 Å². The third kappa shape index (κ3) is 1.41. The van der Waals surface area contributed by atoms with Gasteiger partial charge in [-0.25, -0.2) is 0 Å². The number of hydrogen-bond donors (Lipinski definition) is 1. The van der Waals surface area contributed by atoms with Crippen LogP contribution in [0.1, 0.15) is 24.3 Å². The minimum atomic E-state index is 0.433. The maximum absolute atomic E-state index is 5.74. The molecule has 64 valence electrons. The van der Waals surface area contributed by atoms with Gasteiger partial charge < -0.3 is 5.73 Å². The molecule has 0 aromatic heterocycles. The normalized spacial score (nSPS) is 28.2. The molecule has 1 fully saturated rings. The molecule has 1 nitrogen and oxygen atoms in total. The average Bonchev–Trinajstić information content (AvgIpc) is 2.01. The van der Waals surface area contributed by atoms with E-state index >= 15 is 0 Å². The van der Waals surface area contributed by atoms with E-state index in [9.17, 15) is 0 Å². The zero-order valence-electron chi connectivity index (χ0n) is 6.83. The Morgan fingerprint density at radius 1 is 1.25 bits per heavy atom. The summed E-state index contributed by atoms with van der Waals surface area (Å²) in [5.74, 6) is 0.690. The second-order valence-corrected chi connectivity index (χ2v) is 4.30. The highest BCUT2D eigenvalue weighted by atomic mass is 79.9. The number of halogens is 1. The Balaban J connectivity index is 2.18. The molecule has 1 aromatic carbocycles. The Morgan fingerprint density at radius 2 is 1.92 bits per heavy atom. The maximum Gasteiger partial charge on any atom is 0.0210 e. The minimum Gasteiger partial charge on any atom is -0.328 e. The summed E-state index contributed by atoms with van der Waals surface area (Å²) in [6.45, 7) is 0. The van der Waals surface area contributed by atoms with Gasteiger partial charge in [0.05, 0.1) is 0 Å². The Hall–Kier alpha value is -0.340. The summed E-state index contributed by atoms with van der Waals surface area (Å²) in [6, 6.07) is 8.85. The molecule has 1 aliphatic rings. The summed E-state index contributed by atoms with van der Waals surface area (Å²) in [6.07, 6.45) is 2.28. The van der Waals surface area contributed by atoms with Crippen LogP contribution in [0.4, 0.5) is 0 Å². The lowest BCUT2D eigenvalue weighted by Gasteiger charge is -2.33. The smallest absolute Gasteiger partial charge is 0.0210 e. The van der Waals surface area contributed by atoms with Gasteiger partial charge in [0.15, 0.2) is 0 Å². The zero-order valence-corrected chi connectivity index (χ0v) is 8.42. The van der Waals surface area contributed by atoms with Crippen molar-refractivity contribution in [3.63, 3.8) is 0 Å². The highest BCUT2D eigenvalue weighted by Crippen LogP contribution is 2.38. The van der Waals surface area contributed by atoms with Crippen molar-refractivity contribution in [2.45, 2.75) is 24.8 Å². The summed E-state index contributed by atoms with van der Waals surface area (Å²) in [4.78, 5) is 0. The topological polar surface area (TPSA) is 26.0 Å². The predicted octanol–water partition coefficient (Wildman–Crippen LogP) is 2.65. The van der Waals surface area contributed by atoms with Gasteiger partial charge in [0.25, 0.3) is 0 Å². The van der Waals surface area contributed by atoms with Gasteiger partial charge in [0.1, 0.15) is 0 Å². The van der Waals surface area contributed by atoms with Gasteiger partial charge in [0, 0.05) is 10.5 Å². The molecule has 1 saturated carbocycles. The van der Waals surface area contributed by atoms with Crippen LogP contribution in [0.25, 0.3) is 0 Å². The zero-order chi connectivity index (χ0) is 8.55. The molecule has 0 spiro atoms. The molecule has 1 aliphatic carbocycles. The molecule has 0 heterocycles. The lowest BCUT2D eigenvalue weighted by atomic mass is 9.76. The third-order valence-electron chi connectivity index (χ3n) is 2.52. The first-order chi connectivity index (χ1) is 5.77. The van der Waals surface area contributed by atoms with Gasteiger partial charge in [-0.15, -0.1) is 0 Å². The first kappa shape index (κ1) is 8.27. The standard InChI is InChI=1S/C10H12BrN/c11-10-4-2-1-3-9(10)7-5-8(12)6-7/h1-4,7-8H,5-6,12H2. The summed E-state index contributed by atoms with van der Waals surface area (Å²) >= 11 is 3.55. The van der Waals surface area contributed by atoms with Gasteiger partial charge in [-0.3, -0.25) is 0 Å². The van der Waals surface area contributed by atoms with Gasteiger partial charge in [-0.1, -0.05) is 34.1 Å². The predicted molar refractivity (Wildman–Crippen MR) is 54.1 cm³/mol. The fourth-order valence-electron chi connectivity index (χ4n) is 1.72. The summed E-state index contributed by atoms with van der Waals surface area (Å²) < 4.78 is 1.22. The number of nitrogens with two attached hydrogens (primary N) is 1. The van der Waals surface area contributed by atoms with Crippen molar-refractivity contribution in [2.24, 2.45) is 5.73 Å². The van der Waals surface area contributed by atoms with E-state index in [1.54, 1.807) is 0 Å². The van der Waals surface area contributed by atoms with Crippen molar-refractivity contribution in [3.8, 4) is 0 Å². The number of benzene rings is 1. The summed E-state index contributed by atoms with van der Waals surface area (Å²) in [5, 5.41) is 0. The van der Waals surface area contributed by atoms with Crippen molar-refractivity contribution >= 4 is 15.9 Å². The fraction of sp³-hybridized carbons (Fsp3) is 0.400. The quantitative estimate of drug-likeness (QED) is 0.782. The molecule has 0 atom stereocenters. The minimum absolute atomic E-state index is 0.433. The van der Waals surface area contributed by atoms with E-state index in [1.165, 1.54) is 10.0 Å². The summed E-state index contributed by atoms with van der Waals surface area (Å²) in [5.41, 5.74) is 7.16. The van der Waals surface area contributed by atoms with Crippen molar-refractivity contribution < 1.29 is 0 Å². The first-order valence-electron chi connectivity index (χ1n) is 4.27. The third-order valence-corrected chi connectivity index (χ3v) is 3.24. The Labute approximate surface area is 81.1 Å². The molecule has 2 heteroatoms. The van der Waals surface area contributed by atoms with Crippen LogP contribution in [0, 0.1) is 0 Å². The van der Waals surface area contributed by atoms with E-state index in [0.717, 1.165) is 12.8 Å². The lowest BCUT2D eigenvalue weighted by Crippen LogP contribution is -2.34. The van der Waals surface area contributed by atoms with Crippen LogP contribution in [0.2, 0.25) is 0 Å². The van der Waals surface area contributed by atoms with E-state index in [4.69, 9.17) is 5.73 Å². The largest absolute Gasteiger partial charge is 0.328 e. The van der Waals surface area contributed by atoms with Crippen LogP contribution in [-0.4, -0.2) is 6.04 Å². The lowest BCUT2D eigenvalue weighted by molar-refractivity contribution is 0.350. The molecular formula is C10H12BrN. The van der Waals surface area contributed by atoms with Gasteiger partial charge >= 0.3 is 0 Å². The molecule has 2 N–H and O–H groups in total. The van der Waals surface area contributed by atoms with E-state index in [0.29, 0.717) is 12.0 Å². The van der Waals surface area contributed by atoms with Crippen LogP contribution in [0.3, 0.4) is 0 Å². The second kappa shape index (κ2) is 3.19. The molecule has 2 rings (SSSR count). The van der Waals surface area contributed by atoms with Crippen molar-refractivity contribution in [3.05, 3.63) is 34.3 Å². The van der Waals surface area contributed by atoms with Gasteiger partial charge in [-0.05, 0) is 30.4 Å². The SMILES string of the molecule is NC1CC(c2ccccc2Br)C1. The van der Waals surface area contributed by atoms with Crippen molar-refractivity contribution in [1.82, 2.24) is 0 Å². The van der Waals surface area contributed by atoms with Crippen LogP contribution in [-0.2, 0) is 0 Å². The van der Waals surface area contributed by atoms with E-state index in [1.807, 2.05) is 6.07 Å². The second-order valence-electron chi connectivity index (χ2n) is 3.45. The summed E-state index contributed by atoms with van der Waals surface area (Å²) in [7, 11) is 0. The number of hydrogen-bond acceptors (Lipinski definition) is 1. The highest BCUT2D eigenvalue weighted by molar-refractivity contribution is 9.10. The number of rotatable bonds is 1. The van der Waals surface area contributed by atoms with Crippen molar-refractivity contribution in [1.29, 1.82) is 0 Å². The fourth-order valence-corrected chi connectivity index (χ4v) is 2.33. The first-order valence-corrected chi connectivity index (χ1v) is 5.06. The van der Waals surface area contributed by atoms with Crippen LogP contribution < -0.4 is 5.73 Å². The van der Waals surface area contributed by atoms with Crippen LogP contribution in [0.5, 0.6) is 0 Å². The van der Waals surface area contributed by atoms with Crippen LogP contribution >= 0.6 is 15.9 Å². The Kier molecular flexibility index (Phi) is 2.20.